The lowest BCUT2D eigenvalue weighted by Gasteiger charge is -2.17. The van der Waals surface area contributed by atoms with Gasteiger partial charge in [-0.1, -0.05) is 0 Å². The minimum atomic E-state index is -0.121. The third-order valence-corrected chi connectivity index (χ3v) is 2.29. The van der Waals surface area contributed by atoms with Gasteiger partial charge in [-0.3, -0.25) is 4.79 Å². The SMILES string of the molecule is CCNc1ncccc1C(=O)N(C)CCC#N. The van der Waals surface area contributed by atoms with E-state index in [1.54, 1.807) is 25.4 Å². The lowest BCUT2D eigenvalue weighted by Crippen LogP contribution is -2.28. The van der Waals surface area contributed by atoms with Crippen LogP contribution in [0.15, 0.2) is 18.3 Å². The molecule has 0 saturated heterocycles. The normalized spacial score (nSPS) is 9.47. The summed E-state index contributed by atoms with van der Waals surface area (Å²) in [6.07, 6.45) is 1.98. The number of amides is 1. The van der Waals surface area contributed by atoms with Crippen LogP contribution in [0.1, 0.15) is 23.7 Å². The molecule has 0 saturated carbocycles. The van der Waals surface area contributed by atoms with Crippen molar-refractivity contribution in [2.75, 3.05) is 25.5 Å². The maximum Gasteiger partial charge on any atom is 0.257 e. The average Bonchev–Trinajstić information content (AvgIpc) is 2.36. The predicted octanol–water partition coefficient (Wildman–Crippen LogP) is 1.50. The molecule has 1 rings (SSSR count). The van der Waals surface area contributed by atoms with Crippen molar-refractivity contribution in [2.45, 2.75) is 13.3 Å². The molecule has 0 bridgehead atoms. The largest absolute Gasteiger partial charge is 0.370 e. The summed E-state index contributed by atoms with van der Waals surface area (Å²) < 4.78 is 0. The van der Waals surface area contributed by atoms with Crippen LogP contribution in [0, 0.1) is 11.3 Å². The molecule has 0 aromatic carbocycles. The Labute approximate surface area is 101 Å². The number of hydrogen-bond acceptors (Lipinski definition) is 4. The average molecular weight is 232 g/mol. The second-order valence-corrected chi connectivity index (χ2v) is 3.56. The topological polar surface area (TPSA) is 69.0 Å². The summed E-state index contributed by atoms with van der Waals surface area (Å²) in [6, 6.07) is 5.48. The molecular weight excluding hydrogens is 216 g/mol. The number of rotatable bonds is 5. The first-order chi connectivity index (χ1) is 8.20. The molecule has 0 fully saturated rings. The Kier molecular flexibility index (Phi) is 4.95. The minimum Gasteiger partial charge on any atom is -0.370 e. The zero-order valence-corrected chi connectivity index (χ0v) is 10.1. The van der Waals surface area contributed by atoms with Crippen LogP contribution in [0.25, 0.3) is 0 Å². The quantitative estimate of drug-likeness (QED) is 0.835. The number of pyridine rings is 1. The molecule has 1 aromatic rings. The predicted molar refractivity (Wildman–Crippen MR) is 65.6 cm³/mol. The van der Waals surface area contributed by atoms with E-state index in [2.05, 4.69) is 10.3 Å². The monoisotopic (exact) mass is 232 g/mol. The van der Waals surface area contributed by atoms with Crippen LogP contribution in [0.5, 0.6) is 0 Å². The molecule has 1 aromatic heterocycles. The Bertz CT molecular complexity index is 425. The summed E-state index contributed by atoms with van der Waals surface area (Å²) in [5.41, 5.74) is 0.537. The fraction of sp³-hybridized carbons (Fsp3) is 0.417. The van der Waals surface area contributed by atoms with E-state index in [0.29, 0.717) is 30.9 Å². The van der Waals surface area contributed by atoms with Gasteiger partial charge < -0.3 is 10.2 Å². The molecule has 1 N–H and O–H groups in total. The van der Waals surface area contributed by atoms with Crippen LogP contribution in [0.3, 0.4) is 0 Å². The standard InChI is InChI=1S/C12H16N4O/c1-3-14-11-10(6-4-8-15-11)12(17)16(2)9-5-7-13/h4,6,8H,3,5,9H2,1-2H3,(H,14,15). The third kappa shape index (κ3) is 3.45. The van der Waals surface area contributed by atoms with Crippen LogP contribution < -0.4 is 5.32 Å². The van der Waals surface area contributed by atoms with Crippen molar-refractivity contribution in [3.8, 4) is 6.07 Å². The highest BCUT2D eigenvalue weighted by Gasteiger charge is 2.15. The molecule has 0 unspecified atom stereocenters. The van der Waals surface area contributed by atoms with Gasteiger partial charge in [-0.2, -0.15) is 5.26 Å². The van der Waals surface area contributed by atoms with Gasteiger partial charge in [0.2, 0.25) is 0 Å². The Morgan fingerprint density at radius 1 is 1.65 bits per heavy atom. The number of nitrogens with one attached hydrogen (secondary N) is 1. The lowest BCUT2D eigenvalue weighted by atomic mass is 10.2. The van der Waals surface area contributed by atoms with E-state index in [-0.39, 0.29) is 5.91 Å². The Morgan fingerprint density at radius 2 is 2.41 bits per heavy atom. The highest BCUT2D eigenvalue weighted by Crippen LogP contribution is 2.13. The van der Waals surface area contributed by atoms with Crippen LogP contribution in [0.4, 0.5) is 5.82 Å². The van der Waals surface area contributed by atoms with Gasteiger partial charge in [0, 0.05) is 26.3 Å². The summed E-state index contributed by atoms with van der Waals surface area (Å²) in [6.45, 7) is 3.08. The van der Waals surface area contributed by atoms with E-state index in [4.69, 9.17) is 5.26 Å². The number of nitrogens with zero attached hydrogens (tertiary/aromatic N) is 3. The van der Waals surface area contributed by atoms with Gasteiger partial charge in [-0.05, 0) is 19.1 Å². The molecule has 5 nitrogen and oxygen atoms in total. The lowest BCUT2D eigenvalue weighted by molar-refractivity contribution is 0.0798. The molecule has 1 amide bonds. The minimum absolute atomic E-state index is 0.121. The number of aromatic nitrogens is 1. The zero-order chi connectivity index (χ0) is 12.7. The van der Waals surface area contributed by atoms with E-state index in [1.165, 1.54) is 4.90 Å². The number of nitriles is 1. The van der Waals surface area contributed by atoms with E-state index < -0.39 is 0 Å². The number of hydrogen-bond donors (Lipinski definition) is 1. The maximum atomic E-state index is 12.1. The van der Waals surface area contributed by atoms with Crippen LogP contribution in [-0.2, 0) is 0 Å². The van der Waals surface area contributed by atoms with E-state index in [0.717, 1.165) is 0 Å². The Balaban J connectivity index is 2.84. The second-order valence-electron chi connectivity index (χ2n) is 3.56. The van der Waals surface area contributed by atoms with Crippen molar-refractivity contribution >= 4 is 11.7 Å². The van der Waals surface area contributed by atoms with E-state index >= 15 is 0 Å². The van der Waals surface area contributed by atoms with Gasteiger partial charge >= 0.3 is 0 Å². The molecule has 0 aliphatic heterocycles. The van der Waals surface area contributed by atoms with Crippen LogP contribution >= 0.6 is 0 Å². The smallest absolute Gasteiger partial charge is 0.257 e. The molecular formula is C12H16N4O. The summed E-state index contributed by atoms with van der Waals surface area (Å²) in [5, 5.41) is 11.5. The molecule has 0 aliphatic carbocycles. The molecule has 5 heteroatoms. The van der Waals surface area contributed by atoms with Gasteiger partial charge in [0.1, 0.15) is 5.82 Å². The van der Waals surface area contributed by atoms with Gasteiger partial charge in [0.15, 0.2) is 0 Å². The van der Waals surface area contributed by atoms with Gasteiger partial charge in [0.05, 0.1) is 18.1 Å². The molecule has 0 radical (unpaired) electrons. The van der Waals surface area contributed by atoms with Gasteiger partial charge in [-0.25, -0.2) is 4.98 Å². The fourth-order valence-electron chi connectivity index (χ4n) is 1.41. The summed E-state index contributed by atoms with van der Waals surface area (Å²) in [4.78, 5) is 17.7. The first-order valence-electron chi connectivity index (χ1n) is 5.52. The van der Waals surface area contributed by atoms with Crippen molar-refractivity contribution in [3.63, 3.8) is 0 Å². The fourth-order valence-corrected chi connectivity index (χ4v) is 1.41. The molecule has 0 aliphatic rings. The molecule has 1 heterocycles. The number of anilines is 1. The Hall–Kier alpha value is -2.09. The first-order valence-corrected chi connectivity index (χ1v) is 5.52. The third-order valence-electron chi connectivity index (χ3n) is 2.29. The van der Waals surface area contributed by atoms with Crippen molar-refractivity contribution in [3.05, 3.63) is 23.9 Å². The van der Waals surface area contributed by atoms with Crippen molar-refractivity contribution in [2.24, 2.45) is 0 Å². The highest BCUT2D eigenvalue weighted by atomic mass is 16.2. The van der Waals surface area contributed by atoms with Gasteiger partial charge in [0.25, 0.3) is 5.91 Å². The van der Waals surface area contributed by atoms with Crippen molar-refractivity contribution in [1.29, 1.82) is 5.26 Å². The van der Waals surface area contributed by atoms with Gasteiger partial charge in [-0.15, -0.1) is 0 Å². The first kappa shape index (κ1) is 13.0. The Morgan fingerprint density at radius 3 is 3.06 bits per heavy atom. The molecule has 17 heavy (non-hydrogen) atoms. The second kappa shape index (κ2) is 6.48. The maximum absolute atomic E-state index is 12.1. The highest BCUT2D eigenvalue weighted by molar-refractivity contribution is 5.98. The van der Waals surface area contributed by atoms with Crippen molar-refractivity contribution < 1.29 is 4.79 Å². The summed E-state index contributed by atoms with van der Waals surface area (Å²) in [5.74, 6) is 0.466. The molecule has 0 spiro atoms. The van der Waals surface area contributed by atoms with Crippen LogP contribution in [-0.4, -0.2) is 35.9 Å². The number of carbonyl (C=O) groups is 1. The summed E-state index contributed by atoms with van der Waals surface area (Å²) in [7, 11) is 1.68. The number of carbonyl (C=O) groups excluding carboxylic acids is 1. The van der Waals surface area contributed by atoms with Crippen molar-refractivity contribution in [1.82, 2.24) is 9.88 Å². The zero-order valence-electron chi connectivity index (χ0n) is 10.1. The summed E-state index contributed by atoms with van der Waals surface area (Å²) >= 11 is 0. The molecule has 0 atom stereocenters. The van der Waals surface area contributed by atoms with Crippen LogP contribution in [0.2, 0.25) is 0 Å². The van der Waals surface area contributed by atoms with E-state index in [9.17, 15) is 4.79 Å². The molecule has 90 valence electrons. The van der Waals surface area contributed by atoms with E-state index in [1.807, 2.05) is 13.0 Å².